The van der Waals surface area contributed by atoms with Crippen LogP contribution in [0.3, 0.4) is 0 Å². The molecule has 0 fully saturated rings. The van der Waals surface area contributed by atoms with Crippen LogP contribution in [0.15, 0.2) is 18.2 Å². The van der Waals surface area contributed by atoms with Crippen molar-refractivity contribution in [1.29, 1.82) is 0 Å². The summed E-state index contributed by atoms with van der Waals surface area (Å²) in [5.74, 6) is 0.898. The fraction of sp³-hybridized carbons (Fsp3) is 0.533. The van der Waals surface area contributed by atoms with Crippen LogP contribution in [-0.4, -0.2) is 13.0 Å². The van der Waals surface area contributed by atoms with Crippen LogP contribution < -0.4 is 10.1 Å². The maximum atomic E-state index is 12.1. The van der Waals surface area contributed by atoms with Gasteiger partial charge in [-0.1, -0.05) is 27.2 Å². The third kappa shape index (κ3) is 3.49. The minimum atomic E-state index is -0.331. The maximum absolute atomic E-state index is 12.1. The molecule has 1 aromatic carbocycles. The summed E-state index contributed by atoms with van der Waals surface area (Å²) in [7, 11) is 1.64. The van der Waals surface area contributed by atoms with E-state index >= 15 is 0 Å². The first-order chi connectivity index (χ1) is 8.40. The number of hydrogen-bond donors (Lipinski definition) is 1. The van der Waals surface area contributed by atoms with Gasteiger partial charge < -0.3 is 10.1 Å². The van der Waals surface area contributed by atoms with Gasteiger partial charge in [-0.05, 0) is 37.1 Å². The van der Waals surface area contributed by atoms with Crippen LogP contribution in [-0.2, 0) is 4.79 Å². The second-order valence-electron chi connectivity index (χ2n) is 5.27. The zero-order valence-corrected chi connectivity index (χ0v) is 12.0. The molecule has 0 aliphatic carbocycles. The average molecular weight is 249 g/mol. The van der Waals surface area contributed by atoms with Crippen molar-refractivity contribution in [2.75, 3.05) is 12.4 Å². The molecular formula is C15H23NO2. The molecule has 0 aliphatic rings. The fourth-order valence-electron chi connectivity index (χ4n) is 2.00. The van der Waals surface area contributed by atoms with E-state index in [-0.39, 0.29) is 11.3 Å². The van der Waals surface area contributed by atoms with Crippen molar-refractivity contribution >= 4 is 11.6 Å². The van der Waals surface area contributed by atoms with Crippen LogP contribution in [0.4, 0.5) is 5.69 Å². The van der Waals surface area contributed by atoms with Gasteiger partial charge in [-0.3, -0.25) is 4.79 Å². The first-order valence-corrected chi connectivity index (χ1v) is 6.37. The Morgan fingerprint density at radius 1 is 1.39 bits per heavy atom. The van der Waals surface area contributed by atoms with E-state index < -0.39 is 0 Å². The predicted octanol–water partition coefficient (Wildman–Crippen LogP) is 3.77. The maximum Gasteiger partial charge on any atom is 0.230 e. The van der Waals surface area contributed by atoms with E-state index in [0.29, 0.717) is 0 Å². The molecule has 18 heavy (non-hydrogen) atoms. The summed E-state index contributed by atoms with van der Waals surface area (Å²) in [5.41, 5.74) is 1.51. The van der Waals surface area contributed by atoms with E-state index in [4.69, 9.17) is 4.74 Å². The highest BCUT2D eigenvalue weighted by atomic mass is 16.5. The Kier molecular flexibility index (Phi) is 4.76. The number of methoxy groups -OCH3 is 1. The number of ether oxygens (including phenoxy) is 1. The number of nitrogens with one attached hydrogen (secondary N) is 1. The molecule has 1 N–H and O–H groups in total. The summed E-state index contributed by atoms with van der Waals surface area (Å²) < 4.78 is 5.20. The highest BCUT2D eigenvalue weighted by Gasteiger charge is 2.26. The van der Waals surface area contributed by atoms with E-state index in [1.165, 1.54) is 0 Å². The second-order valence-corrected chi connectivity index (χ2v) is 5.27. The van der Waals surface area contributed by atoms with Gasteiger partial charge in [0, 0.05) is 11.1 Å². The number of carbonyl (C=O) groups excluding carboxylic acids is 1. The number of aryl methyl sites for hydroxylation is 1. The van der Waals surface area contributed by atoms with Gasteiger partial charge >= 0.3 is 0 Å². The van der Waals surface area contributed by atoms with Gasteiger partial charge in [0.1, 0.15) is 5.75 Å². The molecule has 0 unspecified atom stereocenters. The quantitative estimate of drug-likeness (QED) is 0.862. The number of anilines is 1. The largest absolute Gasteiger partial charge is 0.496 e. The van der Waals surface area contributed by atoms with E-state index in [9.17, 15) is 4.79 Å². The topological polar surface area (TPSA) is 38.3 Å². The van der Waals surface area contributed by atoms with Gasteiger partial charge in [0.2, 0.25) is 5.91 Å². The van der Waals surface area contributed by atoms with Crippen molar-refractivity contribution in [2.45, 2.75) is 40.5 Å². The third-order valence-corrected chi connectivity index (χ3v) is 3.14. The molecule has 3 heteroatoms. The van der Waals surface area contributed by atoms with Crippen molar-refractivity contribution in [3.05, 3.63) is 23.8 Å². The monoisotopic (exact) mass is 249 g/mol. The molecule has 3 nitrogen and oxygen atoms in total. The Hall–Kier alpha value is -1.51. The average Bonchev–Trinajstić information content (AvgIpc) is 2.29. The Labute approximate surface area is 110 Å². The second kappa shape index (κ2) is 5.89. The number of rotatable bonds is 5. The van der Waals surface area contributed by atoms with Crippen LogP contribution in [0.1, 0.15) is 39.2 Å². The summed E-state index contributed by atoms with van der Waals surface area (Å²) in [6, 6.07) is 5.67. The molecule has 0 bridgehead atoms. The van der Waals surface area contributed by atoms with Gasteiger partial charge in [0.25, 0.3) is 0 Å². The summed E-state index contributed by atoms with van der Waals surface area (Å²) in [4.78, 5) is 12.1. The summed E-state index contributed by atoms with van der Waals surface area (Å²) in [5, 5.41) is 2.96. The number of benzene rings is 1. The van der Waals surface area contributed by atoms with Crippen molar-refractivity contribution in [3.8, 4) is 5.75 Å². The van der Waals surface area contributed by atoms with Crippen LogP contribution in [0.2, 0.25) is 0 Å². The molecule has 0 atom stereocenters. The molecule has 0 heterocycles. The standard InChI is InChI=1S/C15H23NO2/c1-6-9-15(3,4)14(17)16-12-7-8-13(18-5)11(2)10-12/h7-8,10H,6,9H2,1-5H3,(H,16,17). The van der Waals surface area contributed by atoms with E-state index in [0.717, 1.165) is 29.8 Å². The highest BCUT2D eigenvalue weighted by Crippen LogP contribution is 2.26. The fourth-order valence-corrected chi connectivity index (χ4v) is 2.00. The smallest absolute Gasteiger partial charge is 0.230 e. The highest BCUT2D eigenvalue weighted by molar-refractivity contribution is 5.94. The molecule has 0 spiro atoms. The summed E-state index contributed by atoms with van der Waals surface area (Å²) in [6.45, 7) is 8.00. The van der Waals surface area contributed by atoms with E-state index in [1.807, 2.05) is 39.0 Å². The van der Waals surface area contributed by atoms with E-state index in [1.54, 1.807) is 7.11 Å². The van der Waals surface area contributed by atoms with Gasteiger partial charge in [0.15, 0.2) is 0 Å². The van der Waals surface area contributed by atoms with Crippen molar-refractivity contribution in [1.82, 2.24) is 0 Å². The lowest BCUT2D eigenvalue weighted by Gasteiger charge is -2.23. The first-order valence-electron chi connectivity index (χ1n) is 6.37. The zero-order valence-electron chi connectivity index (χ0n) is 12.0. The van der Waals surface area contributed by atoms with Crippen LogP contribution in [0.25, 0.3) is 0 Å². The molecule has 0 saturated carbocycles. The van der Waals surface area contributed by atoms with Crippen molar-refractivity contribution in [2.24, 2.45) is 5.41 Å². The minimum Gasteiger partial charge on any atom is -0.496 e. The molecular weight excluding hydrogens is 226 g/mol. The van der Waals surface area contributed by atoms with Crippen LogP contribution >= 0.6 is 0 Å². The summed E-state index contributed by atoms with van der Waals surface area (Å²) >= 11 is 0. The number of amides is 1. The Bertz CT molecular complexity index is 425. The molecule has 1 amide bonds. The molecule has 0 aromatic heterocycles. The molecule has 1 rings (SSSR count). The zero-order chi connectivity index (χ0) is 13.8. The normalized spacial score (nSPS) is 11.2. The lowest BCUT2D eigenvalue weighted by atomic mass is 9.87. The lowest BCUT2D eigenvalue weighted by Crippen LogP contribution is -2.30. The molecule has 0 saturated heterocycles. The Balaban J connectivity index is 2.79. The number of hydrogen-bond acceptors (Lipinski definition) is 2. The van der Waals surface area contributed by atoms with Crippen molar-refractivity contribution < 1.29 is 9.53 Å². The first kappa shape index (κ1) is 14.6. The van der Waals surface area contributed by atoms with Crippen LogP contribution in [0, 0.1) is 12.3 Å². The predicted molar refractivity (Wildman–Crippen MR) is 75.0 cm³/mol. The van der Waals surface area contributed by atoms with Gasteiger partial charge in [0.05, 0.1) is 7.11 Å². The van der Waals surface area contributed by atoms with Crippen molar-refractivity contribution in [3.63, 3.8) is 0 Å². The molecule has 100 valence electrons. The Morgan fingerprint density at radius 3 is 2.56 bits per heavy atom. The van der Waals surface area contributed by atoms with Gasteiger partial charge in [-0.25, -0.2) is 0 Å². The molecule has 0 aliphatic heterocycles. The molecule has 1 aromatic rings. The third-order valence-electron chi connectivity index (χ3n) is 3.14. The summed E-state index contributed by atoms with van der Waals surface area (Å²) in [6.07, 6.45) is 1.88. The van der Waals surface area contributed by atoms with Crippen LogP contribution in [0.5, 0.6) is 5.75 Å². The minimum absolute atomic E-state index is 0.0638. The number of carbonyl (C=O) groups is 1. The SMILES string of the molecule is CCCC(C)(C)C(=O)Nc1ccc(OC)c(C)c1. The van der Waals surface area contributed by atoms with Gasteiger partial charge in [-0.15, -0.1) is 0 Å². The van der Waals surface area contributed by atoms with Gasteiger partial charge in [-0.2, -0.15) is 0 Å². The molecule has 0 radical (unpaired) electrons. The van der Waals surface area contributed by atoms with E-state index in [2.05, 4.69) is 12.2 Å². The lowest BCUT2D eigenvalue weighted by molar-refractivity contribution is -0.124. The Morgan fingerprint density at radius 2 is 2.06 bits per heavy atom.